The molecular weight excluding hydrogens is 196 g/mol. The summed E-state index contributed by atoms with van der Waals surface area (Å²) in [5, 5.41) is 0. The highest BCUT2D eigenvalue weighted by Crippen LogP contribution is 2.47. The van der Waals surface area contributed by atoms with Gasteiger partial charge in [-0.15, -0.1) is 0 Å². The number of fused-ring (bicyclic) bond motifs is 1. The maximum atomic E-state index is 11.5. The normalized spacial score (nSPS) is 35.6. The van der Waals surface area contributed by atoms with E-state index in [0.29, 0.717) is 23.0 Å². The van der Waals surface area contributed by atoms with E-state index in [9.17, 15) is 4.79 Å². The monoisotopic (exact) mass is 220 g/mol. The average Bonchev–Trinajstić information content (AvgIpc) is 2.15. The van der Waals surface area contributed by atoms with E-state index in [1.54, 1.807) is 0 Å². The van der Waals surface area contributed by atoms with Crippen LogP contribution >= 0.6 is 0 Å². The largest absolute Gasteiger partial charge is 0.295 e. The van der Waals surface area contributed by atoms with Crippen molar-refractivity contribution in [2.75, 3.05) is 0 Å². The Morgan fingerprint density at radius 2 is 2.00 bits per heavy atom. The molecule has 0 aromatic rings. The molecule has 0 aromatic carbocycles. The van der Waals surface area contributed by atoms with Crippen molar-refractivity contribution in [3.05, 3.63) is 11.6 Å². The van der Waals surface area contributed by atoms with E-state index in [-0.39, 0.29) is 0 Å². The van der Waals surface area contributed by atoms with Crippen molar-refractivity contribution >= 4 is 5.78 Å². The van der Waals surface area contributed by atoms with E-state index < -0.39 is 0 Å². The van der Waals surface area contributed by atoms with Crippen molar-refractivity contribution in [1.29, 1.82) is 0 Å². The molecule has 0 radical (unpaired) electrons. The molecule has 2 rings (SSSR count). The maximum absolute atomic E-state index is 11.5. The molecule has 0 aromatic heterocycles. The molecule has 90 valence electrons. The van der Waals surface area contributed by atoms with Gasteiger partial charge in [-0.1, -0.05) is 33.3 Å². The lowest BCUT2D eigenvalue weighted by Gasteiger charge is -2.42. The van der Waals surface area contributed by atoms with E-state index in [1.165, 1.54) is 18.4 Å². The van der Waals surface area contributed by atoms with Crippen LogP contribution in [0.25, 0.3) is 0 Å². The maximum Gasteiger partial charge on any atom is 0.155 e. The minimum Gasteiger partial charge on any atom is -0.295 e. The molecular formula is C15H24O. The Balaban J connectivity index is 2.16. The molecule has 3 atom stereocenters. The van der Waals surface area contributed by atoms with Gasteiger partial charge in [0.1, 0.15) is 0 Å². The van der Waals surface area contributed by atoms with Gasteiger partial charge in [0, 0.05) is 6.42 Å². The quantitative estimate of drug-likeness (QED) is 0.603. The number of rotatable bonds is 0. The Morgan fingerprint density at radius 1 is 1.31 bits per heavy atom. The molecule has 1 fully saturated rings. The number of carbonyl (C=O) groups excluding carboxylic acids is 1. The van der Waals surface area contributed by atoms with Crippen LogP contribution in [0.3, 0.4) is 0 Å². The molecule has 1 heteroatoms. The Hall–Kier alpha value is -0.590. The van der Waals surface area contributed by atoms with Crippen LogP contribution in [0.4, 0.5) is 0 Å². The smallest absolute Gasteiger partial charge is 0.155 e. The summed E-state index contributed by atoms with van der Waals surface area (Å²) in [5.41, 5.74) is 1.87. The van der Waals surface area contributed by atoms with Crippen LogP contribution in [0.2, 0.25) is 0 Å². The van der Waals surface area contributed by atoms with E-state index in [1.807, 2.05) is 6.08 Å². The van der Waals surface area contributed by atoms with Crippen LogP contribution in [0.1, 0.15) is 53.4 Å². The van der Waals surface area contributed by atoms with Crippen LogP contribution in [0, 0.1) is 23.2 Å². The first-order chi connectivity index (χ1) is 7.38. The highest BCUT2D eigenvalue weighted by molar-refractivity contribution is 5.91. The second-order valence-electron chi connectivity index (χ2n) is 6.81. The zero-order chi connectivity index (χ0) is 11.9. The Kier molecular flexibility index (Phi) is 2.98. The Bertz CT molecular complexity index is 319. The molecule has 0 bridgehead atoms. The first-order valence-corrected chi connectivity index (χ1v) is 6.61. The van der Waals surface area contributed by atoms with Gasteiger partial charge in [-0.25, -0.2) is 0 Å². The van der Waals surface area contributed by atoms with E-state index in [4.69, 9.17) is 0 Å². The molecule has 2 aliphatic carbocycles. The number of allylic oxidation sites excluding steroid dienone is 2. The third-order valence-electron chi connectivity index (χ3n) is 4.58. The summed E-state index contributed by atoms with van der Waals surface area (Å²) < 4.78 is 0. The van der Waals surface area contributed by atoms with Gasteiger partial charge < -0.3 is 0 Å². The Morgan fingerprint density at radius 3 is 2.62 bits per heavy atom. The van der Waals surface area contributed by atoms with Gasteiger partial charge in [0.25, 0.3) is 0 Å². The minimum atomic E-state index is 0.355. The number of hydrogen-bond donors (Lipinski definition) is 0. The first-order valence-electron chi connectivity index (χ1n) is 6.61. The summed E-state index contributed by atoms with van der Waals surface area (Å²) in [5.74, 6) is 2.44. The fourth-order valence-corrected chi connectivity index (χ4v) is 3.39. The third-order valence-corrected chi connectivity index (χ3v) is 4.58. The second kappa shape index (κ2) is 4.01. The standard InChI is InChI=1S/C15H24O/c1-10-7-13(16)8-11-5-6-12(9-14(10)11)15(2,3)4/h8,10,12,14H,5-7,9H2,1-4H3/t10-,12+,14-/m1/s1. The third kappa shape index (κ3) is 2.23. The zero-order valence-electron chi connectivity index (χ0n) is 11.0. The van der Waals surface area contributed by atoms with Crippen LogP contribution in [-0.2, 0) is 4.79 Å². The molecule has 0 saturated heterocycles. The van der Waals surface area contributed by atoms with E-state index in [2.05, 4.69) is 27.7 Å². The van der Waals surface area contributed by atoms with Gasteiger partial charge in [0.15, 0.2) is 5.78 Å². The highest BCUT2D eigenvalue weighted by Gasteiger charge is 2.37. The number of carbonyl (C=O) groups is 1. The second-order valence-corrected chi connectivity index (χ2v) is 6.81. The van der Waals surface area contributed by atoms with E-state index >= 15 is 0 Å². The molecule has 0 aliphatic heterocycles. The van der Waals surface area contributed by atoms with Crippen molar-refractivity contribution in [3.63, 3.8) is 0 Å². The average molecular weight is 220 g/mol. The zero-order valence-corrected chi connectivity index (χ0v) is 11.0. The van der Waals surface area contributed by atoms with Crippen LogP contribution in [-0.4, -0.2) is 5.78 Å². The lowest BCUT2D eigenvalue weighted by molar-refractivity contribution is -0.116. The molecule has 0 spiro atoms. The molecule has 0 N–H and O–H groups in total. The van der Waals surface area contributed by atoms with E-state index in [0.717, 1.165) is 18.8 Å². The van der Waals surface area contributed by atoms with Crippen LogP contribution in [0.5, 0.6) is 0 Å². The van der Waals surface area contributed by atoms with Crippen molar-refractivity contribution < 1.29 is 4.79 Å². The number of hydrogen-bond acceptors (Lipinski definition) is 1. The molecule has 0 heterocycles. The van der Waals surface area contributed by atoms with Crippen molar-refractivity contribution in [3.8, 4) is 0 Å². The van der Waals surface area contributed by atoms with Crippen LogP contribution < -0.4 is 0 Å². The summed E-state index contributed by atoms with van der Waals surface area (Å²) in [6.07, 6.45) is 6.44. The Labute approximate surface area is 99.3 Å². The van der Waals surface area contributed by atoms with Crippen molar-refractivity contribution in [2.45, 2.75) is 53.4 Å². The first kappa shape index (κ1) is 11.9. The number of ketones is 1. The lowest BCUT2D eigenvalue weighted by Crippen LogP contribution is -2.33. The van der Waals surface area contributed by atoms with Gasteiger partial charge >= 0.3 is 0 Å². The molecule has 16 heavy (non-hydrogen) atoms. The summed E-state index contributed by atoms with van der Waals surface area (Å²) in [4.78, 5) is 11.5. The van der Waals surface area contributed by atoms with Gasteiger partial charge in [-0.3, -0.25) is 4.79 Å². The predicted molar refractivity (Wildman–Crippen MR) is 67.2 cm³/mol. The predicted octanol–water partition coefficient (Wildman–Crippen LogP) is 3.98. The SMILES string of the molecule is C[C@@H]1CC(=O)C=C2CC[C@H](C(C)(C)C)C[C@@H]21. The summed E-state index contributed by atoms with van der Waals surface area (Å²) >= 11 is 0. The minimum absolute atomic E-state index is 0.355. The fraction of sp³-hybridized carbons (Fsp3) is 0.800. The van der Waals surface area contributed by atoms with Crippen molar-refractivity contribution in [2.24, 2.45) is 23.2 Å². The lowest BCUT2D eigenvalue weighted by atomic mass is 9.63. The van der Waals surface area contributed by atoms with Gasteiger partial charge in [-0.05, 0) is 48.5 Å². The van der Waals surface area contributed by atoms with Gasteiger partial charge in [0.05, 0.1) is 0 Å². The molecule has 0 amide bonds. The molecule has 2 aliphatic rings. The van der Waals surface area contributed by atoms with Crippen molar-refractivity contribution in [1.82, 2.24) is 0 Å². The van der Waals surface area contributed by atoms with Gasteiger partial charge in [0.2, 0.25) is 0 Å². The molecule has 1 saturated carbocycles. The molecule has 0 unspecified atom stereocenters. The summed E-state index contributed by atoms with van der Waals surface area (Å²) in [6.45, 7) is 9.31. The van der Waals surface area contributed by atoms with Crippen LogP contribution in [0.15, 0.2) is 11.6 Å². The topological polar surface area (TPSA) is 17.1 Å². The van der Waals surface area contributed by atoms with Gasteiger partial charge in [-0.2, -0.15) is 0 Å². The summed E-state index contributed by atoms with van der Waals surface area (Å²) in [7, 11) is 0. The highest BCUT2D eigenvalue weighted by atomic mass is 16.1. The fourth-order valence-electron chi connectivity index (χ4n) is 3.39. The molecule has 1 nitrogen and oxygen atoms in total. The summed E-state index contributed by atoms with van der Waals surface area (Å²) in [6, 6.07) is 0.